The lowest BCUT2D eigenvalue weighted by molar-refractivity contribution is 0.145. The van der Waals surface area contributed by atoms with E-state index in [4.69, 9.17) is 4.74 Å². The van der Waals surface area contributed by atoms with E-state index in [1.54, 1.807) is 0 Å². The van der Waals surface area contributed by atoms with Gasteiger partial charge in [-0.05, 0) is 18.9 Å². The van der Waals surface area contributed by atoms with Crippen molar-refractivity contribution in [2.45, 2.75) is 19.9 Å². The number of carbonyl (C=O) groups is 1. The van der Waals surface area contributed by atoms with Crippen molar-refractivity contribution in [2.24, 2.45) is 0 Å². The monoisotopic (exact) mass is 349 g/mol. The molecule has 0 fully saturated rings. The van der Waals surface area contributed by atoms with Gasteiger partial charge in [-0.15, -0.1) is 10.2 Å². The minimum Gasteiger partial charge on any atom is -0.382 e. The number of anilines is 2. The zero-order valence-corrected chi connectivity index (χ0v) is 14.8. The first kappa shape index (κ1) is 18.2. The van der Waals surface area contributed by atoms with Crippen molar-refractivity contribution in [3.8, 4) is 0 Å². The van der Waals surface area contributed by atoms with Crippen LogP contribution < -0.4 is 15.5 Å². The van der Waals surface area contributed by atoms with Gasteiger partial charge >= 0.3 is 6.03 Å². The summed E-state index contributed by atoms with van der Waals surface area (Å²) in [4.78, 5) is 13.8. The average molecular weight is 349 g/mol. The number of rotatable bonds is 9. The third-order valence-electron chi connectivity index (χ3n) is 3.18. The van der Waals surface area contributed by atoms with Gasteiger partial charge in [0.1, 0.15) is 0 Å². The average Bonchev–Trinajstić information content (AvgIpc) is 3.04. The molecule has 0 radical (unpaired) electrons. The van der Waals surface area contributed by atoms with Crippen LogP contribution in [-0.2, 0) is 11.3 Å². The molecule has 2 N–H and O–H groups in total. The first-order chi connectivity index (χ1) is 11.7. The van der Waals surface area contributed by atoms with E-state index >= 15 is 0 Å². The Morgan fingerprint density at radius 1 is 1.29 bits per heavy atom. The lowest BCUT2D eigenvalue weighted by Crippen LogP contribution is -2.30. The van der Waals surface area contributed by atoms with E-state index in [0.29, 0.717) is 24.9 Å². The number of aromatic nitrogens is 2. The molecule has 1 aromatic heterocycles. The van der Waals surface area contributed by atoms with E-state index in [-0.39, 0.29) is 6.03 Å². The maximum atomic E-state index is 11.8. The lowest BCUT2D eigenvalue weighted by atomic mass is 10.2. The molecule has 1 heterocycles. The summed E-state index contributed by atoms with van der Waals surface area (Å²) in [7, 11) is 1.95. The van der Waals surface area contributed by atoms with Crippen molar-refractivity contribution in [3.05, 3.63) is 35.9 Å². The molecule has 7 nitrogen and oxygen atoms in total. The molecule has 0 unspecified atom stereocenters. The Balaban J connectivity index is 1.76. The van der Waals surface area contributed by atoms with Gasteiger partial charge in [-0.2, -0.15) is 0 Å². The number of amides is 2. The standard InChI is InChI=1S/C16H23N5O2S/c1-3-23-11-7-10-17-14(22)18-15-19-20-16(24-15)21(2)12-13-8-5-4-6-9-13/h4-6,8-9H,3,7,10-12H2,1-2H3,(H2,17,18,19,22). The van der Waals surface area contributed by atoms with Crippen LogP contribution in [0.4, 0.5) is 15.1 Å². The fourth-order valence-corrected chi connectivity index (χ4v) is 2.71. The fraction of sp³-hybridized carbons (Fsp3) is 0.438. The van der Waals surface area contributed by atoms with E-state index < -0.39 is 0 Å². The molecule has 0 saturated carbocycles. The molecule has 24 heavy (non-hydrogen) atoms. The molecule has 2 amide bonds. The topological polar surface area (TPSA) is 79.4 Å². The Hall–Kier alpha value is -2.19. The molecule has 0 atom stereocenters. The van der Waals surface area contributed by atoms with Crippen molar-refractivity contribution in [3.63, 3.8) is 0 Å². The highest BCUT2D eigenvalue weighted by Crippen LogP contribution is 2.24. The summed E-state index contributed by atoms with van der Waals surface area (Å²) >= 11 is 1.34. The molecule has 0 bridgehead atoms. The summed E-state index contributed by atoms with van der Waals surface area (Å²) in [5.74, 6) is 0. The molecule has 0 spiro atoms. The number of nitrogens with one attached hydrogen (secondary N) is 2. The van der Waals surface area contributed by atoms with Crippen molar-refractivity contribution in [2.75, 3.05) is 37.0 Å². The molecular weight excluding hydrogens is 326 g/mol. The van der Waals surface area contributed by atoms with Crippen LogP contribution >= 0.6 is 11.3 Å². The molecule has 130 valence electrons. The van der Waals surface area contributed by atoms with Crippen LogP contribution in [0.25, 0.3) is 0 Å². The van der Waals surface area contributed by atoms with Gasteiger partial charge in [0.25, 0.3) is 0 Å². The molecule has 8 heteroatoms. The SMILES string of the molecule is CCOCCCNC(=O)Nc1nnc(N(C)Cc2ccccc2)s1. The third kappa shape index (κ3) is 6.13. The van der Waals surface area contributed by atoms with E-state index in [1.807, 2.05) is 37.1 Å². The van der Waals surface area contributed by atoms with E-state index in [2.05, 4.69) is 33.0 Å². The summed E-state index contributed by atoms with van der Waals surface area (Å²) in [6.45, 7) is 4.58. The third-order valence-corrected chi connectivity index (χ3v) is 4.13. The first-order valence-corrected chi connectivity index (χ1v) is 8.72. The Morgan fingerprint density at radius 2 is 2.08 bits per heavy atom. The second kappa shape index (κ2) is 9.84. The number of nitrogens with zero attached hydrogens (tertiary/aromatic N) is 3. The van der Waals surface area contributed by atoms with Crippen LogP contribution in [0.1, 0.15) is 18.9 Å². The lowest BCUT2D eigenvalue weighted by Gasteiger charge is -2.14. The molecule has 2 aromatic rings. The van der Waals surface area contributed by atoms with Crippen LogP contribution in [0.15, 0.2) is 30.3 Å². The van der Waals surface area contributed by atoms with Crippen LogP contribution in [-0.4, -0.2) is 43.0 Å². The smallest absolute Gasteiger partial charge is 0.321 e. The van der Waals surface area contributed by atoms with Gasteiger partial charge in [0.2, 0.25) is 10.3 Å². The Morgan fingerprint density at radius 3 is 2.83 bits per heavy atom. The molecule has 1 aromatic carbocycles. The van der Waals surface area contributed by atoms with Gasteiger partial charge in [0.05, 0.1) is 0 Å². The quantitative estimate of drug-likeness (QED) is 0.681. The van der Waals surface area contributed by atoms with E-state index in [0.717, 1.165) is 18.1 Å². The molecule has 0 aliphatic rings. The van der Waals surface area contributed by atoms with Gasteiger partial charge in [0.15, 0.2) is 0 Å². The van der Waals surface area contributed by atoms with Crippen molar-refractivity contribution in [1.82, 2.24) is 15.5 Å². The molecular formula is C16H23N5O2S. The number of ether oxygens (including phenoxy) is 1. The maximum Gasteiger partial charge on any atom is 0.321 e. The number of benzene rings is 1. The summed E-state index contributed by atoms with van der Waals surface area (Å²) in [5.41, 5.74) is 1.19. The van der Waals surface area contributed by atoms with Gasteiger partial charge in [-0.1, -0.05) is 41.7 Å². The van der Waals surface area contributed by atoms with Crippen LogP contribution in [0.2, 0.25) is 0 Å². The first-order valence-electron chi connectivity index (χ1n) is 7.90. The highest BCUT2D eigenvalue weighted by molar-refractivity contribution is 7.19. The van der Waals surface area contributed by atoms with Gasteiger partial charge in [-0.25, -0.2) is 4.79 Å². The summed E-state index contributed by atoms with van der Waals surface area (Å²) in [6.07, 6.45) is 0.780. The highest BCUT2D eigenvalue weighted by atomic mass is 32.1. The normalized spacial score (nSPS) is 10.4. The maximum absolute atomic E-state index is 11.8. The summed E-state index contributed by atoms with van der Waals surface area (Å²) in [6, 6.07) is 9.85. The van der Waals surface area contributed by atoms with Gasteiger partial charge < -0.3 is 15.0 Å². The second-order valence-corrected chi connectivity index (χ2v) is 6.12. The van der Waals surface area contributed by atoms with Gasteiger partial charge in [-0.3, -0.25) is 5.32 Å². The zero-order valence-electron chi connectivity index (χ0n) is 14.0. The predicted molar refractivity (Wildman–Crippen MR) is 96.6 cm³/mol. The highest BCUT2D eigenvalue weighted by Gasteiger charge is 2.11. The second-order valence-electron chi connectivity index (χ2n) is 5.16. The van der Waals surface area contributed by atoms with Crippen molar-refractivity contribution < 1.29 is 9.53 Å². The van der Waals surface area contributed by atoms with E-state index in [1.165, 1.54) is 16.9 Å². The van der Waals surface area contributed by atoms with Crippen molar-refractivity contribution in [1.29, 1.82) is 0 Å². The van der Waals surface area contributed by atoms with Gasteiger partial charge in [0, 0.05) is 33.4 Å². The molecule has 0 aliphatic carbocycles. The van der Waals surface area contributed by atoms with Crippen LogP contribution in [0.5, 0.6) is 0 Å². The zero-order chi connectivity index (χ0) is 17.2. The molecule has 0 aliphatic heterocycles. The molecule has 2 rings (SSSR count). The Kier molecular flexibility index (Phi) is 7.44. The number of carbonyl (C=O) groups excluding carboxylic acids is 1. The number of hydrogen-bond donors (Lipinski definition) is 2. The van der Waals surface area contributed by atoms with Crippen LogP contribution in [0.3, 0.4) is 0 Å². The Labute approximate surface area is 146 Å². The minimum atomic E-state index is -0.278. The predicted octanol–water partition coefficient (Wildman–Crippen LogP) is 2.72. The number of urea groups is 1. The Bertz CT molecular complexity index is 620. The summed E-state index contributed by atoms with van der Waals surface area (Å²) in [5, 5.41) is 14.8. The minimum absolute atomic E-state index is 0.278. The largest absolute Gasteiger partial charge is 0.382 e. The fourth-order valence-electron chi connectivity index (χ4n) is 2.01. The van der Waals surface area contributed by atoms with E-state index in [9.17, 15) is 4.79 Å². The summed E-state index contributed by atoms with van der Waals surface area (Å²) < 4.78 is 5.21. The molecule has 0 saturated heterocycles. The van der Waals surface area contributed by atoms with Crippen LogP contribution in [0, 0.1) is 0 Å². The number of hydrogen-bond acceptors (Lipinski definition) is 6. The van der Waals surface area contributed by atoms with Crippen molar-refractivity contribution >= 4 is 27.6 Å².